The van der Waals surface area contributed by atoms with E-state index in [-0.39, 0.29) is 25.6 Å². The predicted molar refractivity (Wildman–Crippen MR) is 115 cm³/mol. The maximum absolute atomic E-state index is 12.9. The van der Waals surface area contributed by atoms with E-state index in [1.807, 2.05) is 0 Å². The molecule has 0 aromatic heterocycles. The predicted octanol–water partition coefficient (Wildman–Crippen LogP) is 5.77. The van der Waals surface area contributed by atoms with Crippen LogP contribution in [0.2, 0.25) is 0 Å². The second kappa shape index (κ2) is 11.5. The average Bonchev–Trinajstić information content (AvgIpc) is 2.79. The molecule has 3 aliphatic rings. The van der Waals surface area contributed by atoms with Gasteiger partial charge in [0.15, 0.2) is 6.29 Å². The van der Waals surface area contributed by atoms with Crippen LogP contribution in [0, 0.1) is 34.5 Å². The van der Waals surface area contributed by atoms with Gasteiger partial charge in [-0.05, 0) is 63.2 Å². The summed E-state index contributed by atoms with van der Waals surface area (Å²) in [5, 5.41) is 9.76. The van der Waals surface area contributed by atoms with Crippen LogP contribution in [0.25, 0.3) is 0 Å². The third-order valence-corrected chi connectivity index (χ3v) is 7.60. The van der Waals surface area contributed by atoms with Gasteiger partial charge in [-0.2, -0.15) is 5.26 Å². The zero-order chi connectivity index (χ0) is 21.4. The summed E-state index contributed by atoms with van der Waals surface area (Å²) in [6.07, 6.45) is 14.8. The normalized spacial score (nSPS) is 37.3. The summed E-state index contributed by atoms with van der Waals surface area (Å²) < 4.78 is 17.7. The maximum atomic E-state index is 12.9. The van der Waals surface area contributed by atoms with Crippen molar-refractivity contribution in [2.24, 2.45) is 23.2 Å². The molecule has 0 aromatic rings. The molecule has 0 atom stereocenters. The molecule has 2 saturated carbocycles. The van der Waals surface area contributed by atoms with Gasteiger partial charge in [-0.3, -0.25) is 4.79 Å². The molecule has 1 heterocycles. The monoisotopic (exact) mass is 419 g/mol. The maximum Gasteiger partial charge on any atom is 0.331 e. The Bertz CT molecular complexity index is 562. The highest BCUT2D eigenvalue weighted by Crippen LogP contribution is 2.38. The molecule has 0 aromatic carbocycles. The fourth-order valence-corrected chi connectivity index (χ4v) is 5.49. The first-order valence-electron chi connectivity index (χ1n) is 12.5. The van der Waals surface area contributed by atoms with E-state index in [2.05, 4.69) is 19.9 Å². The summed E-state index contributed by atoms with van der Waals surface area (Å²) in [6.45, 7) is 4.66. The molecule has 1 aliphatic heterocycles. The summed E-state index contributed by atoms with van der Waals surface area (Å²) in [7, 11) is 0. The fourth-order valence-electron chi connectivity index (χ4n) is 5.49. The van der Waals surface area contributed by atoms with Crippen molar-refractivity contribution in [2.75, 3.05) is 13.2 Å². The second-order valence-corrected chi connectivity index (χ2v) is 9.94. The second-order valence-electron chi connectivity index (χ2n) is 9.94. The van der Waals surface area contributed by atoms with Gasteiger partial charge in [0.05, 0.1) is 19.3 Å². The molecule has 0 bridgehead atoms. The molecular formula is C25H41NO4. The lowest BCUT2D eigenvalue weighted by molar-refractivity contribution is -0.247. The number of carbonyl (C=O) groups is 1. The molecule has 0 radical (unpaired) electrons. The van der Waals surface area contributed by atoms with Crippen LogP contribution in [0.1, 0.15) is 97.3 Å². The minimum Gasteiger partial charge on any atom is -0.461 e. The lowest BCUT2D eigenvalue weighted by Gasteiger charge is -2.40. The van der Waals surface area contributed by atoms with Crippen LogP contribution in [0.3, 0.4) is 0 Å². The zero-order valence-corrected chi connectivity index (χ0v) is 19.1. The van der Waals surface area contributed by atoms with Gasteiger partial charge in [-0.15, -0.1) is 0 Å². The minimum absolute atomic E-state index is 0.0628. The molecule has 5 nitrogen and oxygen atoms in total. The third-order valence-electron chi connectivity index (χ3n) is 7.60. The van der Waals surface area contributed by atoms with Gasteiger partial charge in [-0.25, -0.2) is 0 Å². The Labute approximate surface area is 182 Å². The van der Waals surface area contributed by atoms with Crippen LogP contribution in [0.5, 0.6) is 0 Å². The Hall–Kier alpha value is -1.12. The van der Waals surface area contributed by atoms with Crippen molar-refractivity contribution >= 4 is 5.97 Å². The van der Waals surface area contributed by atoms with E-state index >= 15 is 0 Å². The van der Waals surface area contributed by atoms with E-state index in [0.29, 0.717) is 5.92 Å². The van der Waals surface area contributed by atoms with Crippen LogP contribution in [-0.2, 0) is 19.0 Å². The van der Waals surface area contributed by atoms with Gasteiger partial charge in [0, 0.05) is 5.92 Å². The van der Waals surface area contributed by atoms with Crippen molar-refractivity contribution in [3.8, 4) is 6.07 Å². The lowest BCUT2D eigenvalue weighted by atomic mass is 9.79. The molecule has 1 saturated heterocycles. The highest BCUT2D eigenvalue weighted by atomic mass is 16.7. The number of esters is 1. The third kappa shape index (κ3) is 5.98. The summed E-state index contributed by atoms with van der Waals surface area (Å²) in [5.41, 5.74) is -1.31. The van der Waals surface area contributed by atoms with Crippen LogP contribution < -0.4 is 0 Å². The fraction of sp³-hybridized carbons (Fsp3) is 0.920. The Balaban J connectivity index is 1.43. The Morgan fingerprint density at radius 3 is 2.10 bits per heavy atom. The number of rotatable bonds is 8. The standard InChI is InChI=1S/C25H41NO4/c1-3-5-7-20-10-14-22(15-11-20)30-24(27)25(16-26)17-28-23(29-18-25)21-12-8-19(6-4-2)9-13-21/h19-23H,3-15,17-18H2,1-2H3/t19?,20?,21?,22?,23-,25+. The van der Waals surface area contributed by atoms with Crippen LogP contribution in [0.4, 0.5) is 0 Å². The summed E-state index contributed by atoms with van der Waals surface area (Å²) in [5.74, 6) is 1.52. The van der Waals surface area contributed by atoms with E-state index in [1.54, 1.807) is 0 Å². The number of hydrogen-bond acceptors (Lipinski definition) is 5. The highest BCUT2D eigenvalue weighted by Gasteiger charge is 2.48. The van der Waals surface area contributed by atoms with Gasteiger partial charge in [0.1, 0.15) is 6.10 Å². The molecular weight excluding hydrogens is 378 g/mol. The lowest BCUT2D eigenvalue weighted by Crippen LogP contribution is -2.50. The number of nitriles is 1. The van der Waals surface area contributed by atoms with Gasteiger partial charge in [0.2, 0.25) is 5.41 Å². The molecule has 0 unspecified atom stereocenters. The topological polar surface area (TPSA) is 68.6 Å². The van der Waals surface area contributed by atoms with E-state index in [0.717, 1.165) is 50.4 Å². The Morgan fingerprint density at radius 1 is 0.933 bits per heavy atom. The van der Waals surface area contributed by atoms with Gasteiger partial charge >= 0.3 is 5.97 Å². The molecule has 0 amide bonds. The number of unbranched alkanes of at least 4 members (excludes halogenated alkanes) is 1. The van der Waals surface area contributed by atoms with E-state index in [1.165, 1.54) is 44.9 Å². The van der Waals surface area contributed by atoms with Crippen molar-refractivity contribution in [1.29, 1.82) is 5.26 Å². The summed E-state index contributed by atoms with van der Waals surface area (Å²) in [6, 6.07) is 2.17. The first-order chi connectivity index (χ1) is 14.6. The summed E-state index contributed by atoms with van der Waals surface area (Å²) in [4.78, 5) is 12.9. The van der Waals surface area contributed by atoms with E-state index in [4.69, 9.17) is 14.2 Å². The molecule has 3 rings (SSSR count). The van der Waals surface area contributed by atoms with Gasteiger partial charge in [0.25, 0.3) is 0 Å². The summed E-state index contributed by atoms with van der Waals surface area (Å²) >= 11 is 0. The molecule has 3 fully saturated rings. The van der Waals surface area contributed by atoms with Crippen molar-refractivity contribution < 1.29 is 19.0 Å². The minimum atomic E-state index is -1.31. The van der Waals surface area contributed by atoms with Crippen molar-refractivity contribution in [1.82, 2.24) is 0 Å². The molecule has 2 aliphatic carbocycles. The van der Waals surface area contributed by atoms with Crippen LogP contribution >= 0.6 is 0 Å². The molecule has 30 heavy (non-hydrogen) atoms. The smallest absolute Gasteiger partial charge is 0.331 e. The number of nitrogens with zero attached hydrogens (tertiary/aromatic N) is 1. The Kier molecular flexibility index (Phi) is 9.01. The number of hydrogen-bond donors (Lipinski definition) is 0. The highest BCUT2D eigenvalue weighted by molar-refractivity contribution is 5.80. The van der Waals surface area contributed by atoms with E-state index < -0.39 is 11.4 Å². The van der Waals surface area contributed by atoms with Crippen molar-refractivity contribution in [3.05, 3.63) is 0 Å². The zero-order valence-electron chi connectivity index (χ0n) is 19.1. The number of ether oxygens (including phenoxy) is 3. The molecule has 5 heteroatoms. The quantitative estimate of drug-likeness (QED) is 0.467. The van der Waals surface area contributed by atoms with Gasteiger partial charge in [-0.1, -0.05) is 46.0 Å². The molecule has 0 spiro atoms. The first kappa shape index (κ1) is 23.5. The Morgan fingerprint density at radius 2 is 1.53 bits per heavy atom. The van der Waals surface area contributed by atoms with Crippen LogP contribution in [0.15, 0.2) is 0 Å². The van der Waals surface area contributed by atoms with Gasteiger partial charge < -0.3 is 14.2 Å². The van der Waals surface area contributed by atoms with Crippen molar-refractivity contribution in [3.63, 3.8) is 0 Å². The molecule has 170 valence electrons. The first-order valence-corrected chi connectivity index (χ1v) is 12.5. The van der Waals surface area contributed by atoms with Crippen molar-refractivity contribution in [2.45, 2.75) is 110 Å². The SMILES string of the molecule is CCCCC1CCC(OC(=O)[C@]2(C#N)CO[C@H](C3CCC(CCC)CC3)OC2)CC1. The van der Waals surface area contributed by atoms with E-state index in [9.17, 15) is 10.1 Å². The number of carbonyl (C=O) groups excluding carboxylic acids is 1. The largest absolute Gasteiger partial charge is 0.461 e. The van der Waals surface area contributed by atoms with Crippen LogP contribution in [-0.4, -0.2) is 31.6 Å². The average molecular weight is 420 g/mol. The molecule has 0 N–H and O–H groups in total.